The molecular formula is C28H30N2O9. The summed E-state index contributed by atoms with van der Waals surface area (Å²) < 4.78 is 16.3. The first-order valence-corrected chi connectivity index (χ1v) is 12.2. The van der Waals surface area contributed by atoms with Crippen molar-refractivity contribution in [1.29, 1.82) is 0 Å². The number of cyclic esters (lactones) is 1. The number of phenols is 1. The molecule has 0 aromatic heterocycles. The van der Waals surface area contributed by atoms with Crippen LogP contribution in [0.4, 0.5) is 5.69 Å². The summed E-state index contributed by atoms with van der Waals surface area (Å²) in [5.41, 5.74) is -0.744. The maximum atomic E-state index is 12.9. The Morgan fingerprint density at radius 1 is 1.13 bits per heavy atom. The Morgan fingerprint density at radius 2 is 1.82 bits per heavy atom. The van der Waals surface area contributed by atoms with Gasteiger partial charge in [0.2, 0.25) is 6.41 Å². The standard InChI is InChI=1S/C28H30N2O9/c1-5-19(30-24(33)18-12-9-13-20(22(18)32)29-15-31)26(35)37-16(2)25(34)39-23-21(38-27(36)28(23,3)4)14-17-10-7-6-8-11-17/h5-13,15-16,21,23,32H,14H2,1-4H3,(H,29,31)(H,30,33). The molecule has 0 saturated carbocycles. The molecule has 0 aliphatic carbocycles. The van der Waals surface area contributed by atoms with Crippen molar-refractivity contribution >= 4 is 35.9 Å². The maximum Gasteiger partial charge on any atom is 0.355 e. The summed E-state index contributed by atoms with van der Waals surface area (Å²) >= 11 is 0. The number of para-hydroxylation sites is 1. The SMILES string of the molecule is CC=C(NC(=O)c1cccc(NC=O)c1O)C(=O)OC(C)C(=O)OC1C(Cc2ccccc2)OC(=O)C1(C)C. The third-order valence-corrected chi connectivity index (χ3v) is 6.22. The Hall–Kier alpha value is -4.67. The number of amides is 2. The summed E-state index contributed by atoms with van der Waals surface area (Å²) in [4.78, 5) is 61.4. The van der Waals surface area contributed by atoms with Crippen LogP contribution in [0.15, 0.2) is 60.3 Å². The monoisotopic (exact) mass is 538 g/mol. The number of ether oxygens (including phenoxy) is 3. The summed E-state index contributed by atoms with van der Waals surface area (Å²) in [6.07, 6.45) is -1.13. The maximum absolute atomic E-state index is 12.9. The first kappa shape index (κ1) is 28.9. The van der Waals surface area contributed by atoms with Crippen molar-refractivity contribution < 1.29 is 43.3 Å². The molecule has 11 nitrogen and oxygen atoms in total. The van der Waals surface area contributed by atoms with Gasteiger partial charge in [0.25, 0.3) is 5.91 Å². The summed E-state index contributed by atoms with van der Waals surface area (Å²) in [7, 11) is 0. The Bertz CT molecular complexity index is 1290. The van der Waals surface area contributed by atoms with Gasteiger partial charge in [-0.25, -0.2) is 9.59 Å². The second-order valence-electron chi connectivity index (χ2n) is 9.38. The first-order chi connectivity index (χ1) is 18.5. The van der Waals surface area contributed by atoms with Crippen LogP contribution in [0.5, 0.6) is 5.75 Å². The quantitative estimate of drug-likeness (QED) is 0.136. The third-order valence-electron chi connectivity index (χ3n) is 6.22. The van der Waals surface area contributed by atoms with Crippen LogP contribution in [0.1, 0.15) is 43.6 Å². The van der Waals surface area contributed by atoms with Gasteiger partial charge < -0.3 is 30.0 Å². The summed E-state index contributed by atoms with van der Waals surface area (Å²) in [6.45, 7) is 5.98. The number of hydrogen-bond acceptors (Lipinski definition) is 9. The second kappa shape index (κ2) is 12.2. The van der Waals surface area contributed by atoms with Gasteiger partial charge in [-0.05, 0) is 45.4 Å². The number of phenolic OH excluding ortho intramolecular Hbond substituents is 1. The number of anilines is 1. The lowest BCUT2D eigenvalue weighted by molar-refractivity contribution is -0.173. The van der Waals surface area contributed by atoms with Crippen LogP contribution in [-0.2, 0) is 39.8 Å². The molecule has 206 valence electrons. The van der Waals surface area contributed by atoms with Crippen LogP contribution in [0, 0.1) is 5.41 Å². The molecule has 39 heavy (non-hydrogen) atoms. The Morgan fingerprint density at radius 3 is 2.46 bits per heavy atom. The van der Waals surface area contributed by atoms with Crippen molar-refractivity contribution in [2.75, 3.05) is 5.32 Å². The van der Waals surface area contributed by atoms with Crippen molar-refractivity contribution in [2.45, 2.75) is 52.4 Å². The van der Waals surface area contributed by atoms with Crippen molar-refractivity contribution in [1.82, 2.24) is 5.32 Å². The number of nitrogens with one attached hydrogen (secondary N) is 2. The molecule has 1 fully saturated rings. The summed E-state index contributed by atoms with van der Waals surface area (Å²) in [6, 6.07) is 13.4. The number of carbonyl (C=O) groups is 5. The Labute approximate surface area is 225 Å². The van der Waals surface area contributed by atoms with Gasteiger partial charge >= 0.3 is 17.9 Å². The van der Waals surface area contributed by atoms with E-state index < -0.39 is 53.3 Å². The van der Waals surface area contributed by atoms with Crippen LogP contribution < -0.4 is 10.6 Å². The van der Waals surface area contributed by atoms with Gasteiger partial charge in [0, 0.05) is 6.42 Å². The number of carbonyl (C=O) groups excluding carboxylic acids is 5. The van der Waals surface area contributed by atoms with Crippen molar-refractivity contribution in [2.24, 2.45) is 5.41 Å². The summed E-state index contributed by atoms with van der Waals surface area (Å²) in [5.74, 6) is -3.79. The molecule has 3 rings (SSSR count). The molecule has 3 N–H and O–H groups in total. The van der Waals surface area contributed by atoms with Crippen molar-refractivity contribution in [3.63, 3.8) is 0 Å². The van der Waals surface area contributed by atoms with Crippen molar-refractivity contribution in [3.8, 4) is 5.75 Å². The molecule has 0 radical (unpaired) electrons. The van der Waals surface area contributed by atoms with Gasteiger partial charge in [-0.2, -0.15) is 0 Å². The third kappa shape index (κ3) is 6.61. The number of hydrogen-bond donors (Lipinski definition) is 3. The van der Waals surface area contributed by atoms with Gasteiger partial charge in [0.05, 0.1) is 11.3 Å². The molecule has 2 aromatic rings. The zero-order valence-corrected chi connectivity index (χ0v) is 21.9. The number of esters is 3. The van der Waals surface area contributed by atoms with Gasteiger partial charge in [0.1, 0.15) is 17.2 Å². The van der Waals surface area contributed by atoms with E-state index >= 15 is 0 Å². The van der Waals surface area contributed by atoms with E-state index in [0.29, 0.717) is 12.8 Å². The van der Waals surface area contributed by atoms with E-state index in [-0.39, 0.29) is 16.9 Å². The molecule has 2 aromatic carbocycles. The van der Waals surface area contributed by atoms with Crippen molar-refractivity contribution in [3.05, 3.63) is 71.4 Å². The minimum atomic E-state index is -1.39. The van der Waals surface area contributed by atoms with E-state index in [2.05, 4.69) is 10.6 Å². The average molecular weight is 539 g/mol. The molecular weight excluding hydrogens is 508 g/mol. The molecule has 3 unspecified atom stereocenters. The van der Waals surface area contributed by atoms with Gasteiger partial charge in [0.15, 0.2) is 18.0 Å². The predicted octanol–water partition coefficient (Wildman–Crippen LogP) is 2.63. The largest absolute Gasteiger partial charge is 0.505 e. The fourth-order valence-electron chi connectivity index (χ4n) is 3.98. The van der Waals surface area contributed by atoms with Crippen LogP contribution >= 0.6 is 0 Å². The second-order valence-corrected chi connectivity index (χ2v) is 9.38. The van der Waals surface area contributed by atoms with E-state index in [0.717, 1.165) is 5.56 Å². The lowest BCUT2D eigenvalue weighted by Crippen LogP contribution is -2.42. The van der Waals surface area contributed by atoms with Crippen LogP contribution in [0.2, 0.25) is 0 Å². The normalized spacial score (nSPS) is 18.9. The van der Waals surface area contributed by atoms with Crippen LogP contribution in [-0.4, -0.2) is 53.6 Å². The van der Waals surface area contributed by atoms with E-state index in [1.165, 1.54) is 38.1 Å². The summed E-state index contributed by atoms with van der Waals surface area (Å²) in [5, 5.41) is 14.8. The molecule has 1 saturated heterocycles. The molecule has 1 aliphatic heterocycles. The number of allylic oxidation sites excluding steroid dienone is 1. The number of rotatable bonds is 10. The predicted molar refractivity (Wildman–Crippen MR) is 138 cm³/mol. The van der Waals surface area contributed by atoms with Gasteiger partial charge in [-0.1, -0.05) is 42.5 Å². The molecule has 0 spiro atoms. The van der Waals surface area contributed by atoms with E-state index in [4.69, 9.17) is 14.2 Å². The molecule has 1 aliphatic rings. The fourth-order valence-corrected chi connectivity index (χ4v) is 3.98. The molecule has 11 heteroatoms. The van der Waals surface area contributed by atoms with E-state index in [1.54, 1.807) is 13.8 Å². The van der Waals surface area contributed by atoms with Crippen LogP contribution in [0.25, 0.3) is 0 Å². The number of aromatic hydroxyl groups is 1. The van der Waals surface area contributed by atoms with E-state index in [1.807, 2.05) is 30.3 Å². The fraction of sp³-hybridized carbons (Fsp3) is 0.321. The highest BCUT2D eigenvalue weighted by Gasteiger charge is 2.54. The highest BCUT2D eigenvalue weighted by Crippen LogP contribution is 2.37. The Balaban J connectivity index is 1.66. The minimum absolute atomic E-state index is 0.00138. The zero-order chi connectivity index (χ0) is 28.7. The smallest absolute Gasteiger partial charge is 0.355 e. The topological polar surface area (TPSA) is 157 Å². The first-order valence-electron chi connectivity index (χ1n) is 12.2. The zero-order valence-electron chi connectivity index (χ0n) is 21.9. The lowest BCUT2D eigenvalue weighted by atomic mass is 9.85. The van der Waals surface area contributed by atoms with Crippen LogP contribution in [0.3, 0.4) is 0 Å². The average Bonchev–Trinajstić information content (AvgIpc) is 3.11. The Kier molecular flexibility index (Phi) is 9.08. The molecule has 1 heterocycles. The molecule has 0 bridgehead atoms. The minimum Gasteiger partial charge on any atom is -0.505 e. The molecule has 3 atom stereocenters. The van der Waals surface area contributed by atoms with Gasteiger partial charge in [-0.15, -0.1) is 0 Å². The highest BCUT2D eigenvalue weighted by molar-refractivity contribution is 6.04. The highest BCUT2D eigenvalue weighted by atomic mass is 16.6. The number of benzene rings is 2. The molecule has 2 amide bonds. The van der Waals surface area contributed by atoms with Gasteiger partial charge in [-0.3, -0.25) is 14.4 Å². The van der Waals surface area contributed by atoms with E-state index in [9.17, 15) is 29.1 Å². The lowest BCUT2D eigenvalue weighted by Gasteiger charge is -2.26.